The molecule has 1 atom stereocenters. The van der Waals surface area contributed by atoms with Gasteiger partial charge in [0.25, 0.3) is 0 Å². The molecule has 0 aliphatic carbocycles. The van der Waals surface area contributed by atoms with Crippen LogP contribution in [0.3, 0.4) is 0 Å². The Morgan fingerprint density at radius 1 is 1.44 bits per heavy atom. The highest BCUT2D eigenvalue weighted by molar-refractivity contribution is 6.35. The highest BCUT2D eigenvalue weighted by Crippen LogP contribution is 2.24. The van der Waals surface area contributed by atoms with Gasteiger partial charge in [0.2, 0.25) is 0 Å². The molecule has 1 aromatic rings. The lowest BCUT2D eigenvalue weighted by molar-refractivity contribution is 0.613. The quantitative estimate of drug-likeness (QED) is 0.753. The molecule has 0 bridgehead atoms. The zero-order chi connectivity index (χ0) is 12.0. The maximum Gasteiger partial charge on any atom is 0.150 e. The number of hydrogen-bond acceptors (Lipinski definition) is 4. The number of nitrogens with one attached hydrogen (secondary N) is 1. The molecule has 3 N–H and O–H groups in total. The third-order valence-electron chi connectivity index (χ3n) is 2.44. The molecule has 0 saturated carbocycles. The van der Waals surface area contributed by atoms with Crippen molar-refractivity contribution in [2.75, 3.05) is 11.1 Å². The van der Waals surface area contributed by atoms with Gasteiger partial charge in [-0.15, -0.1) is 0 Å². The Labute approximate surface area is 102 Å². The Morgan fingerprint density at radius 3 is 2.88 bits per heavy atom. The van der Waals surface area contributed by atoms with Gasteiger partial charge in [0.1, 0.15) is 17.2 Å². The third-order valence-corrected chi connectivity index (χ3v) is 2.81. The summed E-state index contributed by atoms with van der Waals surface area (Å²) in [5, 5.41) is 3.65. The Balaban J connectivity index is 2.49. The summed E-state index contributed by atoms with van der Waals surface area (Å²) in [4.78, 5) is 7.89. The van der Waals surface area contributed by atoms with Crippen LogP contribution in [0.5, 0.6) is 0 Å². The average molecular weight is 243 g/mol. The van der Waals surface area contributed by atoms with Crippen LogP contribution in [0, 0.1) is 0 Å². The molecule has 1 unspecified atom stereocenters. The Bertz CT molecular complexity index is 330. The normalized spacial score (nSPS) is 12.4. The number of nitrogen functional groups attached to an aromatic ring is 1. The fraction of sp³-hybridized carbons (Fsp3) is 0.636. The van der Waals surface area contributed by atoms with E-state index >= 15 is 0 Å². The van der Waals surface area contributed by atoms with E-state index in [1.165, 1.54) is 25.6 Å². The van der Waals surface area contributed by atoms with Crippen LogP contribution in [0.1, 0.15) is 39.5 Å². The standard InChI is InChI=1S/C11H19ClN4/c1-3-4-5-6-8(2)16-11-9(12)10(13)14-7-15-11/h7-8H,3-6H2,1-2H3,(H3,13,14,15,16). The van der Waals surface area contributed by atoms with Crippen LogP contribution in [0.25, 0.3) is 0 Å². The Hall–Kier alpha value is -1.03. The number of aromatic nitrogens is 2. The van der Waals surface area contributed by atoms with E-state index in [1.54, 1.807) is 0 Å². The predicted molar refractivity (Wildman–Crippen MR) is 68.7 cm³/mol. The van der Waals surface area contributed by atoms with Crippen molar-refractivity contribution in [1.82, 2.24) is 9.97 Å². The van der Waals surface area contributed by atoms with E-state index in [2.05, 4.69) is 29.1 Å². The van der Waals surface area contributed by atoms with Crippen molar-refractivity contribution in [1.29, 1.82) is 0 Å². The van der Waals surface area contributed by atoms with Crippen molar-refractivity contribution in [3.63, 3.8) is 0 Å². The second kappa shape index (κ2) is 6.53. The smallest absolute Gasteiger partial charge is 0.150 e. The highest BCUT2D eigenvalue weighted by atomic mass is 35.5. The summed E-state index contributed by atoms with van der Waals surface area (Å²) in [6, 6.07) is 0.346. The van der Waals surface area contributed by atoms with Crippen LogP contribution in [0.4, 0.5) is 11.6 Å². The first kappa shape index (κ1) is 13.0. The summed E-state index contributed by atoms with van der Waals surface area (Å²) < 4.78 is 0. The minimum atomic E-state index is 0.319. The molecule has 5 heteroatoms. The Morgan fingerprint density at radius 2 is 2.19 bits per heavy atom. The van der Waals surface area contributed by atoms with Gasteiger partial charge in [-0.05, 0) is 13.3 Å². The van der Waals surface area contributed by atoms with Gasteiger partial charge in [-0.2, -0.15) is 0 Å². The zero-order valence-corrected chi connectivity index (χ0v) is 10.6. The first-order chi connectivity index (χ1) is 7.65. The van der Waals surface area contributed by atoms with E-state index in [-0.39, 0.29) is 0 Å². The minimum absolute atomic E-state index is 0.319. The van der Waals surface area contributed by atoms with Crippen LogP contribution < -0.4 is 11.1 Å². The van der Waals surface area contributed by atoms with Gasteiger partial charge >= 0.3 is 0 Å². The molecule has 1 aromatic heterocycles. The van der Waals surface area contributed by atoms with Crippen LogP contribution in [0.2, 0.25) is 5.02 Å². The fourth-order valence-electron chi connectivity index (χ4n) is 1.49. The lowest BCUT2D eigenvalue weighted by atomic mass is 10.1. The van der Waals surface area contributed by atoms with Gasteiger partial charge in [-0.3, -0.25) is 0 Å². The van der Waals surface area contributed by atoms with Crippen molar-refractivity contribution < 1.29 is 0 Å². The molecular formula is C11H19ClN4. The monoisotopic (exact) mass is 242 g/mol. The average Bonchev–Trinajstić information content (AvgIpc) is 2.25. The van der Waals surface area contributed by atoms with Gasteiger partial charge in [0, 0.05) is 6.04 Å². The van der Waals surface area contributed by atoms with Crippen molar-refractivity contribution in [2.24, 2.45) is 0 Å². The second-order valence-electron chi connectivity index (χ2n) is 3.96. The number of nitrogens with two attached hydrogens (primary N) is 1. The van der Waals surface area contributed by atoms with Gasteiger partial charge in [0.05, 0.1) is 0 Å². The van der Waals surface area contributed by atoms with Crippen LogP contribution >= 0.6 is 11.6 Å². The second-order valence-corrected chi connectivity index (χ2v) is 4.34. The number of halogens is 1. The van der Waals surface area contributed by atoms with E-state index in [0.29, 0.717) is 22.7 Å². The highest BCUT2D eigenvalue weighted by Gasteiger charge is 2.09. The molecule has 0 aliphatic heterocycles. The summed E-state index contributed by atoms with van der Waals surface area (Å²) in [5.41, 5.74) is 5.59. The number of anilines is 2. The summed E-state index contributed by atoms with van der Waals surface area (Å²) in [6.07, 6.45) is 6.22. The lowest BCUT2D eigenvalue weighted by Gasteiger charge is -2.15. The Kier molecular flexibility index (Phi) is 5.32. The largest absolute Gasteiger partial charge is 0.382 e. The molecule has 0 spiro atoms. The van der Waals surface area contributed by atoms with E-state index < -0.39 is 0 Å². The van der Waals surface area contributed by atoms with Gasteiger partial charge in [-0.1, -0.05) is 37.8 Å². The topological polar surface area (TPSA) is 63.8 Å². The predicted octanol–water partition coefficient (Wildman–Crippen LogP) is 3.09. The molecule has 1 heterocycles. The summed E-state index contributed by atoms with van der Waals surface area (Å²) in [5.74, 6) is 0.943. The lowest BCUT2D eigenvalue weighted by Crippen LogP contribution is -2.16. The molecule has 0 aromatic carbocycles. The summed E-state index contributed by atoms with van der Waals surface area (Å²) in [7, 11) is 0. The molecular weight excluding hydrogens is 224 g/mol. The first-order valence-corrected chi connectivity index (χ1v) is 6.05. The van der Waals surface area contributed by atoms with Crippen LogP contribution in [-0.2, 0) is 0 Å². The molecule has 1 rings (SSSR count). The van der Waals surface area contributed by atoms with Crippen molar-refractivity contribution in [3.8, 4) is 0 Å². The van der Waals surface area contributed by atoms with E-state index in [0.717, 1.165) is 6.42 Å². The molecule has 16 heavy (non-hydrogen) atoms. The SMILES string of the molecule is CCCCCC(C)Nc1ncnc(N)c1Cl. The maximum absolute atomic E-state index is 5.99. The molecule has 0 fully saturated rings. The third kappa shape index (κ3) is 3.85. The van der Waals surface area contributed by atoms with Crippen LogP contribution in [-0.4, -0.2) is 16.0 Å². The number of nitrogens with zero attached hydrogens (tertiary/aromatic N) is 2. The van der Waals surface area contributed by atoms with Crippen molar-refractivity contribution in [2.45, 2.75) is 45.6 Å². The zero-order valence-electron chi connectivity index (χ0n) is 9.83. The number of unbranched alkanes of at least 4 members (excludes halogenated alkanes) is 2. The van der Waals surface area contributed by atoms with Crippen LogP contribution in [0.15, 0.2) is 6.33 Å². The van der Waals surface area contributed by atoms with Gasteiger partial charge < -0.3 is 11.1 Å². The molecule has 4 nitrogen and oxygen atoms in total. The summed E-state index contributed by atoms with van der Waals surface area (Å²) in [6.45, 7) is 4.31. The fourth-order valence-corrected chi connectivity index (χ4v) is 1.64. The minimum Gasteiger partial charge on any atom is -0.382 e. The van der Waals surface area contributed by atoms with Gasteiger partial charge in [0.15, 0.2) is 5.82 Å². The van der Waals surface area contributed by atoms with E-state index in [9.17, 15) is 0 Å². The molecule has 0 amide bonds. The van der Waals surface area contributed by atoms with Gasteiger partial charge in [-0.25, -0.2) is 9.97 Å². The molecule has 90 valence electrons. The van der Waals surface area contributed by atoms with Crippen molar-refractivity contribution in [3.05, 3.63) is 11.3 Å². The summed E-state index contributed by atoms with van der Waals surface area (Å²) >= 11 is 5.99. The first-order valence-electron chi connectivity index (χ1n) is 5.67. The van der Waals surface area contributed by atoms with E-state index in [1.807, 2.05) is 0 Å². The number of hydrogen-bond donors (Lipinski definition) is 2. The molecule has 0 aliphatic rings. The maximum atomic E-state index is 5.99. The van der Waals surface area contributed by atoms with Crippen molar-refractivity contribution >= 4 is 23.2 Å². The molecule has 0 radical (unpaired) electrons. The number of rotatable bonds is 6. The van der Waals surface area contributed by atoms with E-state index in [4.69, 9.17) is 17.3 Å². The molecule has 0 saturated heterocycles.